The maximum absolute atomic E-state index is 11.6. The molecule has 0 unspecified atom stereocenters. The highest BCUT2D eigenvalue weighted by atomic mass is 16.5. The lowest BCUT2D eigenvalue weighted by atomic mass is 10.1. The van der Waals surface area contributed by atoms with Crippen molar-refractivity contribution in [2.24, 2.45) is 0 Å². The molecule has 1 aromatic heterocycles. The fourth-order valence-corrected chi connectivity index (χ4v) is 1.93. The Labute approximate surface area is 105 Å². The number of rotatable bonds is 3. The highest BCUT2D eigenvalue weighted by molar-refractivity contribution is 5.92. The van der Waals surface area contributed by atoms with Gasteiger partial charge in [0, 0.05) is 11.9 Å². The number of carbonyl (C=O) groups is 2. The molecule has 0 saturated carbocycles. The number of hydrogen-bond donors (Lipinski definition) is 0. The Kier molecular flexibility index (Phi) is 3.28. The summed E-state index contributed by atoms with van der Waals surface area (Å²) in [6, 6.07) is 8.83. The van der Waals surface area contributed by atoms with Gasteiger partial charge in [-0.05, 0) is 36.8 Å². The lowest BCUT2D eigenvalue weighted by Gasteiger charge is -2.12. The van der Waals surface area contributed by atoms with Gasteiger partial charge in [0.1, 0.15) is 0 Å². The van der Waals surface area contributed by atoms with Crippen molar-refractivity contribution in [1.82, 2.24) is 4.57 Å². The molecule has 0 aliphatic rings. The third-order valence-electron chi connectivity index (χ3n) is 2.87. The van der Waals surface area contributed by atoms with Crippen molar-refractivity contribution in [3.8, 4) is 5.69 Å². The summed E-state index contributed by atoms with van der Waals surface area (Å²) in [5.41, 5.74) is 2.62. The maximum Gasteiger partial charge on any atom is 0.338 e. The first-order chi connectivity index (χ1) is 8.69. The number of aldehydes is 1. The van der Waals surface area contributed by atoms with Crippen molar-refractivity contribution in [1.29, 1.82) is 0 Å². The SMILES string of the molecule is COC(=O)c1cccc(-n2cccc2C=O)c1C. The van der Waals surface area contributed by atoms with Gasteiger partial charge in [-0.2, -0.15) is 0 Å². The van der Waals surface area contributed by atoms with E-state index >= 15 is 0 Å². The zero-order chi connectivity index (χ0) is 13.1. The molecule has 0 N–H and O–H groups in total. The van der Waals surface area contributed by atoms with Gasteiger partial charge in [-0.3, -0.25) is 4.79 Å². The topological polar surface area (TPSA) is 48.3 Å². The smallest absolute Gasteiger partial charge is 0.338 e. The molecule has 1 heterocycles. The van der Waals surface area contributed by atoms with Crippen LogP contribution in [0.3, 0.4) is 0 Å². The van der Waals surface area contributed by atoms with Crippen molar-refractivity contribution in [2.45, 2.75) is 6.92 Å². The number of aromatic nitrogens is 1. The van der Waals surface area contributed by atoms with Crippen LogP contribution in [0.15, 0.2) is 36.5 Å². The lowest BCUT2D eigenvalue weighted by Crippen LogP contribution is -2.07. The van der Waals surface area contributed by atoms with Gasteiger partial charge < -0.3 is 9.30 Å². The van der Waals surface area contributed by atoms with Crippen molar-refractivity contribution in [3.63, 3.8) is 0 Å². The largest absolute Gasteiger partial charge is 0.465 e. The predicted octanol–water partition coefficient (Wildman–Crippen LogP) is 2.38. The average molecular weight is 243 g/mol. The van der Waals surface area contributed by atoms with E-state index in [0.29, 0.717) is 11.3 Å². The highest BCUT2D eigenvalue weighted by Crippen LogP contribution is 2.20. The van der Waals surface area contributed by atoms with Gasteiger partial charge in [0.25, 0.3) is 0 Å². The zero-order valence-corrected chi connectivity index (χ0v) is 10.2. The Hall–Kier alpha value is -2.36. The Morgan fingerprint density at radius 1 is 1.28 bits per heavy atom. The highest BCUT2D eigenvalue weighted by Gasteiger charge is 2.13. The van der Waals surface area contributed by atoms with E-state index < -0.39 is 0 Å². The first kappa shape index (κ1) is 12.1. The Bertz CT molecular complexity index is 599. The molecule has 92 valence electrons. The molecule has 4 nitrogen and oxygen atoms in total. The molecule has 2 aromatic rings. The van der Waals surface area contributed by atoms with Crippen molar-refractivity contribution in [2.75, 3.05) is 7.11 Å². The number of benzene rings is 1. The second-order valence-electron chi connectivity index (χ2n) is 3.86. The van der Waals surface area contributed by atoms with Crippen LogP contribution in [0.5, 0.6) is 0 Å². The van der Waals surface area contributed by atoms with Crippen LogP contribution in [0.25, 0.3) is 5.69 Å². The maximum atomic E-state index is 11.6. The van der Waals surface area contributed by atoms with E-state index in [0.717, 1.165) is 17.5 Å². The summed E-state index contributed by atoms with van der Waals surface area (Å²) in [7, 11) is 1.35. The Morgan fingerprint density at radius 3 is 2.72 bits per heavy atom. The summed E-state index contributed by atoms with van der Waals surface area (Å²) in [5.74, 6) is -0.380. The molecular weight excluding hydrogens is 230 g/mol. The minimum absolute atomic E-state index is 0.380. The monoisotopic (exact) mass is 243 g/mol. The van der Waals surface area contributed by atoms with Crippen LogP contribution in [-0.2, 0) is 4.74 Å². The number of hydrogen-bond acceptors (Lipinski definition) is 3. The fourth-order valence-electron chi connectivity index (χ4n) is 1.93. The van der Waals surface area contributed by atoms with Crippen molar-refractivity contribution >= 4 is 12.3 Å². The molecule has 0 atom stereocenters. The van der Waals surface area contributed by atoms with Crippen LogP contribution in [0.4, 0.5) is 0 Å². The molecule has 0 saturated heterocycles. The van der Waals surface area contributed by atoms with Gasteiger partial charge in [-0.25, -0.2) is 4.79 Å². The quantitative estimate of drug-likeness (QED) is 0.614. The van der Waals surface area contributed by atoms with Crippen LogP contribution in [0.1, 0.15) is 26.4 Å². The standard InChI is InChI=1S/C14H13NO3/c1-10-12(14(17)18-2)6-3-7-13(10)15-8-4-5-11(15)9-16/h3-9H,1-2H3. The van der Waals surface area contributed by atoms with E-state index in [9.17, 15) is 9.59 Å². The van der Waals surface area contributed by atoms with Gasteiger partial charge in [0.2, 0.25) is 0 Å². The molecule has 0 radical (unpaired) electrons. The molecule has 1 aromatic carbocycles. The van der Waals surface area contributed by atoms with Crippen molar-refractivity contribution < 1.29 is 14.3 Å². The van der Waals surface area contributed by atoms with E-state index in [-0.39, 0.29) is 5.97 Å². The molecule has 4 heteroatoms. The number of methoxy groups -OCH3 is 1. The summed E-state index contributed by atoms with van der Waals surface area (Å²) >= 11 is 0. The molecule has 0 amide bonds. The van der Waals surface area contributed by atoms with Crippen LogP contribution in [-0.4, -0.2) is 23.9 Å². The second-order valence-corrected chi connectivity index (χ2v) is 3.86. The summed E-state index contributed by atoms with van der Waals surface area (Å²) in [4.78, 5) is 22.5. The van der Waals surface area contributed by atoms with Gasteiger partial charge in [-0.1, -0.05) is 6.07 Å². The summed E-state index contributed by atoms with van der Waals surface area (Å²) in [5, 5.41) is 0. The second kappa shape index (κ2) is 4.87. The molecule has 0 spiro atoms. The molecule has 0 fully saturated rings. The minimum Gasteiger partial charge on any atom is -0.465 e. The Morgan fingerprint density at radius 2 is 2.06 bits per heavy atom. The van der Waals surface area contributed by atoms with Crippen LogP contribution in [0.2, 0.25) is 0 Å². The first-order valence-electron chi connectivity index (χ1n) is 5.50. The summed E-state index contributed by atoms with van der Waals surface area (Å²) < 4.78 is 6.47. The van der Waals surface area contributed by atoms with Crippen molar-refractivity contribution in [3.05, 3.63) is 53.3 Å². The van der Waals surface area contributed by atoms with Gasteiger partial charge in [0.15, 0.2) is 6.29 Å². The molecule has 0 aliphatic carbocycles. The van der Waals surface area contributed by atoms with Gasteiger partial charge in [-0.15, -0.1) is 0 Å². The molecule has 18 heavy (non-hydrogen) atoms. The molecule has 0 aliphatic heterocycles. The third kappa shape index (κ3) is 1.93. The van der Waals surface area contributed by atoms with Crippen LogP contribution >= 0.6 is 0 Å². The first-order valence-corrected chi connectivity index (χ1v) is 5.50. The van der Waals surface area contributed by atoms with E-state index in [2.05, 4.69) is 0 Å². The minimum atomic E-state index is -0.380. The lowest BCUT2D eigenvalue weighted by molar-refractivity contribution is 0.0600. The van der Waals surface area contributed by atoms with E-state index in [1.165, 1.54) is 7.11 Å². The molecule has 2 rings (SSSR count). The van der Waals surface area contributed by atoms with Gasteiger partial charge >= 0.3 is 5.97 Å². The predicted molar refractivity (Wildman–Crippen MR) is 67.2 cm³/mol. The number of carbonyl (C=O) groups excluding carboxylic acids is 2. The third-order valence-corrected chi connectivity index (χ3v) is 2.87. The fraction of sp³-hybridized carbons (Fsp3) is 0.143. The number of ether oxygens (including phenoxy) is 1. The summed E-state index contributed by atoms with van der Waals surface area (Å²) in [6.45, 7) is 1.83. The van der Waals surface area contributed by atoms with E-state index in [4.69, 9.17) is 4.74 Å². The van der Waals surface area contributed by atoms with Gasteiger partial charge in [0.05, 0.1) is 18.4 Å². The normalized spacial score (nSPS) is 10.1. The molecule has 0 bridgehead atoms. The van der Waals surface area contributed by atoms with Crippen LogP contribution in [0, 0.1) is 6.92 Å². The van der Waals surface area contributed by atoms with E-state index in [1.54, 1.807) is 35.0 Å². The number of nitrogens with zero attached hydrogens (tertiary/aromatic N) is 1. The van der Waals surface area contributed by atoms with Crippen LogP contribution < -0.4 is 0 Å². The Balaban J connectivity index is 2.59. The zero-order valence-electron chi connectivity index (χ0n) is 10.2. The molecular formula is C14H13NO3. The summed E-state index contributed by atoms with van der Waals surface area (Å²) in [6.07, 6.45) is 2.57. The van der Waals surface area contributed by atoms with E-state index in [1.807, 2.05) is 13.0 Å². The average Bonchev–Trinajstić information content (AvgIpc) is 2.86. The number of esters is 1.